The summed E-state index contributed by atoms with van der Waals surface area (Å²) in [6.07, 6.45) is 9.51. The van der Waals surface area contributed by atoms with Crippen molar-refractivity contribution in [2.24, 2.45) is 12.5 Å². The van der Waals surface area contributed by atoms with Crippen molar-refractivity contribution in [3.05, 3.63) is 79.9 Å². The zero-order valence-electron chi connectivity index (χ0n) is 29.7. The molecule has 1 spiro atoms. The summed E-state index contributed by atoms with van der Waals surface area (Å²) in [5.74, 6) is -0.432. The molecule has 0 bridgehead atoms. The summed E-state index contributed by atoms with van der Waals surface area (Å²) in [7, 11) is 3.75. The Bertz CT molecular complexity index is 1860. The van der Waals surface area contributed by atoms with E-state index >= 15 is 0 Å². The highest BCUT2D eigenvalue weighted by Crippen LogP contribution is 2.43. The number of hydrogen-bond donors (Lipinski definition) is 2. The fraction of sp³-hybridized carbons (Fsp3) is 0.526. The average Bonchev–Trinajstić information content (AvgIpc) is 3.12. The van der Waals surface area contributed by atoms with Crippen LogP contribution in [0.1, 0.15) is 84.0 Å². The van der Waals surface area contributed by atoms with Crippen LogP contribution in [0.5, 0.6) is 0 Å². The maximum atomic E-state index is 13.6. The summed E-state index contributed by atoms with van der Waals surface area (Å²) in [5, 5.41) is 10.1. The van der Waals surface area contributed by atoms with Gasteiger partial charge in [-0.25, -0.2) is 4.68 Å². The molecule has 0 aliphatic carbocycles. The minimum atomic E-state index is -0.373. The average molecular weight is 760 g/mol. The molecule has 13 heteroatoms. The summed E-state index contributed by atoms with van der Waals surface area (Å²) in [5.41, 5.74) is 5.56. The SMILES string of the molecule is Cc1cc(N2CCC3(CCN(C(=O)c4ccc(C5CC(Nc6cnn(C)c(=O)c6Br)CN(C)C5)cc4)CC3)CC2)cnc1C1CCC(=O)NC1=O. The lowest BCUT2D eigenvalue weighted by molar-refractivity contribution is -0.134. The molecule has 0 saturated carbocycles. The number of piperidine rings is 4. The highest BCUT2D eigenvalue weighted by Gasteiger charge is 2.39. The molecule has 3 atom stereocenters. The van der Waals surface area contributed by atoms with Crippen molar-refractivity contribution in [2.75, 3.05) is 56.5 Å². The van der Waals surface area contributed by atoms with Crippen molar-refractivity contribution >= 4 is 45.0 Å². The van der Waals surface area contributed by atoms with Crippen LogP contribution >= 0.6 is 15.9 Å². The van der Waals surface area contributed by atoms with E-state index in [0.29, 0.717) is 28.9 Å². The number of halogens is 1. The van der Waals surface area contributed by atoms with E-state index in [2.05, 4.69) is 66.7 Å². The van der Waals surface area contributed by atoms with Crippen LogP contribution in [-0.4, -0.2) is 94.6 Å². The summed E-state index contributed by atoms with van der Waals surface area (Å²) < 4.78 is 1.80. The second-order valence-corrected chi connectivity index (χ2v) is 15.9. The number of rotatable bonds is 6. The topological polar surface area (TPSA) is 133 Å². The number of amides is 3. The Kier molecular flexibility index (Phi) is 10.0. The molecule has 12 nitrogen and oxygen atoms in total. The zero-order chi connectivity index (χ0) is 35.9. The van der Waals surface area contributed by atoms with E-state index in [1.54, 1.807) is 13.2 Å². The second kappa shape index (κ2) is 14.5. The van der Waals surface area contributed by atoms with Crippen LogP contribution in [0.15, 0.2) is 52.0 Å². The number of carbonyl (C=O) groups is 3. The number of benzene rings is 1. The van der Waals surface area contributed by atoms with Gasteiger partial charge in [0.1, 0.15) is 4.47 Å². The normalized spacial score (nSPS) is 24.0. The fourth-order valence-corrected chi connectivity index (χ4v) is 9.04. The minimum Gasteiger partial charge on any atom is -0.379 e. The molecule has 51 heavy (non-hydrogen) atoms. The van der Waals surface area contributed by atoms with Crippen molar-refractivity contribution in [3.8, 4) is 0 Å². The number of nitrogens with zero attached hydrogens (tertiary/aromatic N) is 6. The standard InChI is InChI=1S/C38H47BrN8O4/c1-24-18-29(20-40-34(24)30-8-9-32(48)43-35(30)49)46-14-10-38(11-15-46)12-16-47(17-13-38)36(50)26-6-4-25(5-7-26)27-19-28(23-44(2)22-27)42-31-21-41-45(3)37(51)33(31)39/h4-7,18,20-21,27-28,30,42H,8-17,19,22-23H2,1-3H3,(H,43,48,49). The van der Waals surface area contributed by atoms with Crippen LogP contribution < -0.4 is 21.1 Å². The molecule has 7 rings (SSSR count). The second-order valence-electron chi connectivity index (χ2n) is 15.1. The number of carbonyl (C=O) groups excluding carboxylic acids is 3. The Morgan fingerprint density at radius 1 is 0.980 bits per heavy atom. The van der Waals surface area contributed by atoms with Crippen molar-refractivity contribution < 1.29 is 14.4 Å². The summed E-state index contributed by atoms with van der Waals surface area (Å²) >= 11 is 3.43. The lowest BCUT2D eigenvalue weighted by Gasteiger charge is -2.47. The van der Waals surface area contributed by atoms with Gasteiger partial charge in [-0.2, -0.15) is 5.10 Å². The largest absolute Gasteiger partial charge is 0.379 e. The van der Waals surface area contributed by atoms with Gasteiger partial charge in [0.05, 0.1) is 35.4 Å². The first-order valence-electron chi connectivity index (χ1n) is 18.1. The molecular weight excluding hydrogens is 712 g/mol. The zero-order valence-corrected chi connectivity index (χ0v) is 31.2. The highest BCUT2D eigenvalue weighted by molar-refractivity contribution is 9.10. The molecule has 4 saturated heterocycles. The Morgan fingerprint density at radius 3 is 2.37 bits per heavy atom. The lowest BCUT2D eigenvalue weighted by Crippen LogP contribution is -2.48. The quantitative estimate of drug-likeness (QED) is 0.356. The van der Waals surface area contributed by atoms with Crippen molar-refractivity contribution in [1.82, 2.24) is 29.9 Å². The van der Waals surface area contributed by atoms with E-state index in [4.69, 9.17) is 4.98 Å². The number of likely N-dealkylation sites (tertiary alicyclic amines) is 2. The third-order valence-electron chi connectivity index (χ3n) is 11.7. The first-order valence-corrected chi connectivity index (χ1v) is 18.9. The molecule has 1 aromatic carbocycles. The maximum Gasteiger partial charge on any atom is 0.282 e. The van der Waals surface area contributed by atoms with E-state index in [0.717, 1.165) is 93.9 Å². The van der Waals surface area contributed by atoms with E-state index in [9.17, 15) is 19.2 Å². The molecule has 270 valence electrons. The Hall–Kier alpha value is -4.10. The van der Waals surface area contributed by atoms with Gasteiger partial charge in [0, 0.05) is 64.3 Å². The lowest BCUT2D eigenvalue weighted by atomic mass is 9.71. The number of aryl methyl sites for hydroxylation is 2. The Labute approximate surface area is 307 Å². The molecule has 4 aliphatic rings. The number of anilines is 2. The number of aromatic nitrogens is 3. The summed E-state index contributed by atoms with van der Waals surface area (Å²) in [6.45, 7) is 7.22. The molecule has 0 radical (unpaired) electrons. The molecule has 3 unspecified atom stereocenters. The highest BCUT2D eigenvalue weighted by atomic mass is 79.9. The maximum absolute atomic E-state index is 13.6. The molecule has 3 aromatic rings. The van der Waals surface area contributed by atoms with E-state index in [-0.39, 0.29) is 40.7 Å². The number of likely N-dealkylation sites (N-methyl/N-ethyl adjacent to an activating group) is 1. The van der Waals surface area contributed by atoms with E-state index < -0.39 is 0 Å². The number of imide groups is 1. The molecule has 3 amide bonds. The van der Waals surface area contributed by atoms with Gasteiger partial charge in [-0.1, -0.05) is 12.1 Å². The predicted molar refractivity (Wildman–Crippen MR) is 199 cm³/mol. The number of hydrogen-bond acceptors (Lipinski definition) is 9. The Balaban J connectivity index is 0.911. The van der Waals surface area contributed by atoms with Crippen LogP contribution in [0.4, 0.5) is 11.4 Å². The van der Waals surface area contributed by atoms with Crippen LogP contribution in [0.3, 0.4) is 0 Å². The van der Waals surface area contributed by atoms with Crippen LogP contribution in [0, 0.1) is 12.3 Å². The van der Waals surface area contributed by atoms with Crippen LogP contribution in [0.25, 0.3) is 0 Å². The molecular formula is C38H47BrN8O4. The van der Waals surface area contributed by atoms with Gasteiger partial charge in [-0.05, 0) is 109 Å². The summed E-state index contributed by atoms with van der Waals surface area (Å²) in [6, 6.07) is 10.5. The minimum absolute atomic E-state index is 0.106. The number of pyridine rings is 1. The van der Waals surface area contributed by atoms with Gasteiger partial charge in [0.15, 0.2) is 0 Å². The van der Waals surface area contributed by atoms with Gasteiger partial charge in [-0.15, -0.1) is 0 Å². The van der Waals surface area contributed by atoms with Crippen molar-refractivity contribution in [2.45, 2.75) is 69.7 Å². The van der Waals surface area contributed by atoms with Crippen LogP contribution in [-0.2, 0) is 16.6 Å². The molecule has 2 N–H and O–H groups in total. The Morgan fingerprint density at radius 2 is 1.69 bits per heavy atom. The number of nitrogens with one attached hydrogen (secondary N) is 2. The third-order valence-corrected chi connectivity index (χ3v) is 12.4. The van der Waals surface area contributed by atoms with Gasteiger partial charge in [0.2, 0.25) is 11.8 Å². The first-order chi connectivity index (χ1) is 24.5. The monoisotopic (exact) mass is 758 g/mol. The fourth-order valence-electron chi connectivity index (χ4n) is 8.56. The third kappa shape index (κ3) is 7.46. The van der Waals surface area contributed by atoms with Gasteiger partial charge >= 0.3 is 0 Å². The molecule has 6 heterocycles. The smallest absolute Gasteiger partial charge is 0.282 e. The molecule has 4 fully saturated rings. The molecule has 4 aliphatic heterocycles. The summed E-state index contributed by atoms with van der Waals surface area (Å²) in [4.78, 5) is 61.4. The molecule has 2 aromatic heterocycles. The van der Waals surface area contributed by atoms with Gasteiger partial charge in [0.25, 0.3) is 11.5 Å². The first kappa shape index (κ1) is 35.3. The van der Waals surface area contributed by atoms with E-state index in [1.807, 2.05) is 30.2 Å². The van der Waals surface area contributed by atoms with Crippen molar-refractivity contribution in [1.29, 1.82) is 0 Å². The predicted octanol–water partition coefficient (Wildman–Crippen LogP) is 4.19. The van der Waals surface area contributed by atoms with Gasteiger partial charge in [-0.3, -0.25) is 29.5 Å². The van der Waals surface area contributed by atoms with Crippen molar-refractivity contribution in [3.63, 3.8) is 0 Å². The van der Waals surface area contributed by atoms with Gasteiger partial charge < -0.3 is 20.0 Å². The van der Waals surface area contributed by atoms with E-state index in [1.165, 1.54) is 10.2 Å². The van der Waals surface area contributed by atoms with Crippen LogP contribution in [0.2, 0.25) is 0 Å².